The van der Waals surface area contributed by atoms with Gasteiger partial charge < -0.3 is 5.11 Å². The zero-order valence-electron chi connectivity index (χ0n) is 18.3. The van der Waals surface area contributed by atoms with Crippen molar-refractivity contribution in [2.24, 2.45) is 5.41 Å². The average molecular weight is 463 g/mol. The lowest BCUT2D eigenvalue weighted by molar-refractivity contribution is -0.160. The molecule has 168 valence electrons. The molecule has 0 aliphatic heterocycles. The summed E-state index contributed by atoms with van der Waals surface area (Å²) in [5.41, 5.74) is 3.06. The highest BCUT2D eigenvalue weighted by molar-refractivity contribution is 7.94. The van der Waals surface area contributed by atoms with E-state index in [2.05, 4.69) is 34.8 Å². The molecule has 0 bridgehead atoms. The van der Waals surface area contributed by atoms with E-state index in [1.807, 2.05) is 35.1 Å². The van der Waals surface area contributed by atoms with Crippen molar-refractivity contribution in [3.05, 3.63) is 82.9 Å². The second-order valence-corrected chi connectivity index (χ2v) is 9.29. The van der Waals surface area contributed by atoms with E-state index >= 15 is 0 Å². The maximum absolute atomic E-state index is 13.4. The van der Waals surface area contributed by atoms with E-state index in [0.29, 0.717) is 12.8 Å². The number of halogens is 1. The molecule has 1 fully saturated rings. The summed E-state index contributed by atoms with van der Waals surface area (Å²) in [5.74, 6) is 6.10. The highest BCUT2D eigenvalue weighted by Gasteiger charge is 2.54. The second-order valence-electron chi connectivity index (χ2n) is 8.55. The van der Waals surface area contributed by atoms with Crippen LogP contribution >= 0.6 is 12.0 Å². The van der Waals surface area contributed by atoms with E-state index in [1.165, 1.54) is 19.2 Å². The van der Waals surface area contributed by atoms with E-state index in [1.54, 1.807) is 12.1 Å². The number of hydrogen-bond acceptors (Lipinski definition) is 5. The lowest BCUT2D eigenvalue weighted by atomic mass is 9.67. The minimum atomic E-state index is -1.17. The normalized spacial score (nSPS) is 23.3. The molecule has 3 aromatic rings. The molecular formula is C26H23FN2O3S. The van der Waals surface area contributed by atoms with Gasteiger partial charge in [-0.2, -0.15) is 9.43 Å². The predicted molar refractivity (Wildman–Crippen MR) is 125 cm³/mol. The molecule has 0 spiro atoms. The Hall–Kier alpha value is -2.89. The van der Waals surface area contributed by atoms with Gasteiger partial charge in [0.05, 0.1) is 41.6 Å². The third kappa shape index (κ3) is 3.79. The summed E-state index contributed by atoms with van der Waals surface area (Å²) < 4.78 is 20.2. The predicted octanol–water partition coefficient (Wildman–Crippen LogP) is 5.12. The van der Waals surface area contributed by atoms with Crippen LogP contribution < -0.4 is 0 Å². The summed E-state index contributed by atoms with van der Waals surface area (Å²) in [7, 11) is 1.45. The molecule has 1 aromatic heterocycles. The fraction of sp³-hybridized carbons (Fsp3) is 0.269. The van der Waals surface area contributed by atoms with Crippen molar-refractivity contribution in [1.29, 1.82) is 0 Å². The van der Waals surface area contributed by atoms with Gasteiger partial charge in [-0.25, -0.2) is 14.0 Å². The van der Waals surface area contributed by atoms with E-state index < -0.39 is 11.0 Å². The van der Waals surface area contributed by atoms with Crippen LogP contribution in [0.5, 0.6) is 0 Å². The maximum atomic E-state index is 13.4. The van der Waals surface area contributed by atoms with Gasteiger partial charge in [-0.05, 0) is 67.3 Å². The first-order chi connectivity index (χ1) is 15.9. The van der Waals surface area contributed by atoms with Gasteiger partial charge in [0, 0.05) is 11.0 Å². The molecule has 1 N–H and O–H groups in total. The minimum Gasteiger partial charge on any atom is -0.377 e. The monoisotopic (exact) mass is 462 g/mol. The van der Waals surface area contributed by atoms with Gasteiger partial charge in [0.25, 0.3) is 0 Å². The van der Waals surface area contributed by atoms with Crippen LogP contribution in [0, 0.1) is 23.1 Å². The Morgan fingerprint density at radius 3 is 2.76 bits per heavy atom. The number of benzene rings is 2. The van der Waals surface area contributed by atoms with Crippen molar-refractivity contribution >= 4 is 18.1 Å². The zero-order chi connectivity index (χ0) is 23.1. The number of aliphatic hydroxyl groups is 1. The van der Waals surface area contributed by atoms with Gasteiger partial charge in [0.1, 0.15) is 11.4 Å². The molecule has 0 saturated heterocycles. The first-order valence-electron chi connectivity index (χ1n) is 10.7. The van der Waals surface area contributed by atoms with E-state index in [-0.39, 0.29) is 5.82 Å². The Labute approximate surface area is 196 Å². The van der Waals surface area contributed by atoms with Gasteiger partial charge in [-0.1, -0.05) is 36.5 Å². The zero-order valence-corrected chi connectivity index (χ0v) is 19.2. The Bertz CT molecular complexity index is 1290. The average Bonchev–Trinajstić information content (AvgIpc) is 3.33. The topological polar surface area (TPSA) is 56.5 Å². The Kier molecular flexibility index (Phi) is 5.63. The first-order valence-corrected chi connectivity index (χ1v) is 11.4. The first kappa shape index (κ1) is 21.9. The molecule has 1 heterocycles. The van der Waals surface area contributed by atoms with Crippen molar-refractivity contribution in [1.82, 2.24) is 9.78 Å². The molecule has 0 amide bonds. The van der Waals surface area contributed by atoms with Gasteiger partial charge in [-0.15, -0.1) is 0 Å². The molecule has 2 atom stereocenters. The van der Waals surface area contributed by atoms with Crippen molar-refractivity contribution in [2.45, 2.75) is 36.7 Å². The molecule has 0 radical (unpaired) electrons. The van der Waals surface area contributed by atoms with Crippen molar-refractivity contribution in [3.63, 3.8) is 0 Å². The summed E-state index contributed by atoms with van der Waals surface area (Å²) in [6.45, 7) is 2.08. The fourth-order valence-corrected chi connectivity index (χ4v) is 5.21. The number of rotatable bonds is 4. The van der Waals surface area contributed by atoms with Crippen LogP contribution in [-0.4, -0.2) is 27.6 Å². The van der Waals surface area contributed by atoms with Crippen LogP contribution in [0.4, 0.5) is 4.39 Å². The summed E-state index contributed by atoms with van der Waals surface area (Å²) >= 11 is 1.09. The fourth-order valence-electron chi connectivity index (χ4n) is 4.72. The van der Waals surface area contributed by atoms with Crippen LogP contribution in [0.1, 0.15) is 36.6 Å². The van der Waals surface area contributed by atoms with Crippen molar-refractivity contribution in [3.8, 4) is 17.5 Å². The van der Waals surface area contributed by atoms with Gasteiger partial charge >= 0.3 is 0 Å². The SMILES string of the molecule is COOSc1ccccc1C#C[C@]1(O)CCC2=Cc3c(cnn3-c3ccc(F)cc3)C[C@@]21C. The number of aromatic nitrogens is 2. The van der Waals surface area contributed by atoms with Crippen molar-refractivity contribution < 1.29 is 18.7 Å². The summed E-state index contributed by atoms with van der Waals surface area (Å²) in [6.07, 6.45) is 5.88. The van der Waals surface area contributed by atoms with E-state index in [9.17, 15) is 9.50 Å². The van der Waals surface area contributed by atoms with Crippen LogP contribution in [-0.2, 0) is 15.6 Å². The standard InChI is InChI=1S/C26H23FN2O3S/c1-25-16-19-17-28-29(22-9-7-21(27)8-10-22)23(19)15-20(25)12-14-26(25,30)13-11-18-5-3-4-6-24(18)33-32-31-2/h3-10,15,17,30H,12,14,16H2,1-2H3/t25-,26-/m0/s1. The minimum absolute atomic E-state index is 0.279. The van der Waals surface area contributed by atoms with Crippen LogP contribution in [0.2, 0.25) is 0 Å². The Morgan fingerprint density at radius 1 is 1.18 bits per heavy atom. The Morgan fingerprint density at radius 2 is 1.97 bits per heavy atom. The lowest BCUT2D eigenvalue weighted by Crippen LogP contribution is -2.44. The maximum Gasteiger partial charge on any atom is 0.135 e. The van der Waals surface area contributed by atoms with Crippen LogP contribution in [0.15, 0.2) is 65.2 Å². The van der Waals surface area contributed by atoms with Crippen LogP contribution in [0.3, 0.4) is 0 Å². The van der Waals surface area contributed by atoms with Crippen molar-refractivity contribution in [2.75, 3.05) is 7.11 Å². The molecule has 2 aliphatic carbocycles. The molecule has 5 rings (SSSR count). The molecule has 2 aliphatic rings. The van der Waals surface area contributed by atoms with E-state index in [4.69, 9.17) is 4.33 Å². The van der Waals surface area contributed by atoms with Crippen LogP contribution in [0.25, 0.3) is 11.8 Å². The summed E-state index contributed by atoms with van der Waals surface area (Å²) in [5, 5.41) is 16.2. The number of hydrogen-bond donors (Lipinski definition) is 1. The molecular weight excluding hydrogens is 439 g/mol. The summed E-state index contributed by atoms with van der Waals surface area (Å²) in [4.78, 5) is 5.51. The third-order valence-electron chi connectivity index (χ3n) is 6.67. The van der Waals surface area contributed by atoms with Gasteiger partial charge in [0.15, 0.2) is 0 Å². The largest absolute Gasteiger partial charge is 0.377 e. The number of nitrogens with zero attached hydrogens (tertiary/aromatic N) is 2. The molecule has 7 heteroatoms. The highest BCUT2D eigenvalue weighted by Crippen LogP contribution is 2.55. The molecule has 2 aromatic carbocycles. The second kappa shape index (κ2) is 8.47. The summed E-state index contributed by atoms with van der Waals surface area (Å²) in [6, 6.07) is 13.9. The molecule has 33 heavy (non-hydrogen) atoms. The Balaban J connectivity index is 1.48. The van der Waals surface area contributed by atoms with Gasteiger partial charge in [-0.3, -0.25) is 0 Å². The smallest absolute Gasteiger partial charge is 0.135 e. The van der Waals surface area contributed by atoms with E-state index in [0.717, 1.165) is 51.4 Å². The lowest BCUT2D eigenvalue weighted by Gasteiger charge is -2.39. The number of fused-ring (bicyclic) bond motifs is 2. The quantitative estimate of drug-likeness (QED) is 0.252. The highest BCUT2D eigenvalue weighted by atomic mass is 32.2. The van der Waals surface area contributed by atoms with Gasteiger partial charge in [0.2, 0.25) is 0 Å². The molecule has 1 saturated carbocycles. The molecule has 5 nitrogen and oxygen atoms in total. The molecule has 0 unspecified atom stereocenters. The third-order valence-corrected chi connectivity index (χ3v) is 7.41.